The van der Waals surface area contributed by atoms with E-state index in [0.29, 0.717) is 41.6 Å². The van der Waals surface area contributed by atoms with Crippen LogP contribution in [-0.4, -0.2) is 30.5 Å². The van der Waals surface area contributed by atoms with Gasteiger partial charge < -0.3 is 14.8 Å². The van der Waals surface area contributed by atoms with E-state index >= 15 is 0 Å². The highest BCUT2D eigenvalue weighted by Gasteiger charge is 2.14. The van der Waals surface area contributed by atoms with Crippen LogP contribution in [0.4, 0.5) is 0 Å². The Morgan fingerprint density at radius 3 is 2.83 bits per heavy atom. The molecule has 1 aromatic rings. The zero-order valence-electron chi connectivity index (χ0n) is 10.2. The average Bonchev–Trinajstić information content (AvgIpc) is 2.37. The third-order valence-electron chi connectivity index (χ3n) is 2.63. The number of hydrogen-bond acceptors (Lipinski definition) is 3. The number of hydrogen-bond donors (Lipinski definition) is 1. The molecule has 4 nitrogen and oxygen atoms in total. The average molecular weight is 314 g/mol. The Bertz CT molecular complexity index is 434. The van der Waals surface area contributed by atoms with E-state index in [4.69, 9.17) is 9.47 Å². The van der Waals surface area contributed by atoms with Gasteiger partial charge in [-0.3, -0.25) is 4.79 Å². The first-order chi connectivity index (χ1) is 8.66. The minimum Gasteiger partial charge on any atom is -0.486 e. The molecule has 0 saturated heterocycles. The lowest BCUT2D eigenvalue weighted by atomic mass is 10.2. The second-order valence-electron chi connectivity index (χ2n) is 4.18. The molecule has 0 aliphatic carbocycles. The van der Waals surface area contributed by atoms with E-state index in [9.17, 15) is 4.79 Å². The molecule has 2 rings (SSSR count). The van der Waals surface area contributed by atoms with Crippen LogP contribution in [0, 0.1) is 0 Å². The largest absolute Gasteiger partial charge is 0.486 e. The van der Waals surface area contributed by atoms with Gasteiger partial charge in [0.1, 0.15) is 13.2 Å². The van der Waals surface area contributed by atoms with Crippen molar-refractivity contribution in [1.29, 1.82) is 0 Å². The van der Waals surface area contributed by atoms with E-state index in [1.807, 2.05) is 0 Å². The molecule has 1 N–H and O–H groups in total. The highest BCUT2D eigenvalue weighted by Crippen LogP contribution is 2.30. The summed E-state index contributed by atoms with van der Waals surface area (Å²) in [6.45, 7) is 3.79. The second kappa shape index (κ2) is 6.09. The van der Waals surface area contributed by atoms with Gasteiger partial charge >= 0.3 is 0 Å². The minimum absolute atomic E-state index is 0.0832. The summed E-state index contributed by atoms with van der Waals surface area (Å²) in [6, 6.07) is 5.25. The number of carbonyl (C=O) groups excluding carboxylic acids is 1. The number of nitrogens with one attached hydrogen (secondary N) is 1. The molecular formula is C13H16BrNO3. The summed E-state index contributed by atoms with van der Waals surface area (Å²) in [7, 11) is 0. The Morgan fingerprint density at radius 2 is 2.11 bits per heavy atom. The smallest absolute Gasteiger partial charge is 0.251 e. The van der Waals surface area contributed by atoms with E-state index < -0.39 is 0 Å². The third kappa shape index (κ3) is 3.38. The maximum Gasteiger partial charge on any atom is 0.251 e. The van der Waals surface area contributed by atoms with Crippen LogP contribution >= 0.6 is 15.9 Å². The van der Waals surface area contributed by atoms with Gasteiger partial charge in [-0.15, -0.1) is 0 Å². The Kier molecular flexibility index (Phi) is 4.47. The van der Waals surface area contributed by atoms with Crippen LogP contribution in [0.5, 0.6) is 11.5 Å². The SMILES string of the molecule is CC(Br)CCNC(=O)c1ccc2c(c1)OCCO2. The quantitative estimate of drug-likeness (QED) is 0.868. The van der Waals surface area contributed by atoms with Crippen molar-refractivity contribution in [2.24, 2.45) is 0 Å². The molecule has 0 saturated carbocycles. The van der Waals surface area contributed by atoms with Crippen LogP contribution < -0.4 is 14.8 Å². The first-order valence-corrected chi connectivity index (χ1v) is 6.90. The zero-order valence-corrected chi connectivity index (χ0v) is 11.8. The van der Waals surface area contributed by atoms with E-state index in [1.54, 1.807) is 18.2 Å². The summed E-state index contributed by atoms with van der Waals surface area (Å²) in [4.78, 5) is 12.3. The molecule has 1 amide bonds. The van der Waals surface area contributed by atoms with Crippen molar-refractivity contribution < 1.29 is 14.3 Å². The molecule has 18 heavy (non-hydrogen) atoms. The van der Waals surface area contributed by atoms with Crippen LogP contribution in [0.2, 0.25) is 0 Å². The summed E-state index contributed by atoms with van der Waals surface area (Å²) >= 11 is 3.44. The summed E-state index contributed by atoms with van der Waals surface area (Å²) < 4.78 is 10.9. The third-order valence-corrected chi connectivity index (χ3v) is 3.09. The lowest BCUT2D eigenvalue weighted by molar-refractivity contribution is 0.0952. The molecule has 1 heterocycles. The predicted octanol–water partition coefficient (Wildman–Crippen LogP) is 2.36. The maximum absolute atomic E-state index is 11.9. The van der Waals surface area contributed by atoms with Gasteiger partial charge in [-0.2, -0.15) is 0 Å². The van der Waals surface area contributed by atoms with E-state index in [2.05, 4.69) is 28.2 Å². The molecule has 0 bridgehead atoms. The number of halogens is 1. The van der Waals surface area contributed by atoms with Crippen LogP contribution in [0.3, 0.4) is 0 Å². The Labute approximate surface area is 115 Å². The minimum atomic E-state index is -0.0832. The van der Waals surface area contributed by atoms with Gasteiger partial charge in [0.25, 0.3) is 5.91 Å². The van der Waals surface area contributed by atoms with Crippen molar-refractivity contribution >= 4 is 21.8 Å². The van der Waals surface area contributed by atoms with Gasteiger partial charge in [0.05, 0.1) is 0 Å². The predicted molar refractivity (Wildman–Crippen MR) is 72.8 cm³/mol. The van der Waals surface area contributed by atoms with Gasteiger partial charge in [0, 0.05) is 16.9 Å². The van der Waals surface area contributed by atoms with Gasteiger partial charge in [0.2, 0.25) is 0 Å². The van der Waals surface area contributed by atoms with E-state index in [-0.39, 0.29) is 5.91 Å². The van der Waals surface area contributed by atoms with Gasteiger partial charge in [-0.25, -0.2) is 0 Å². The topological polar surface area (TPSA) is 47.6 Å². The molecule has 1 aliphatic heterocycles. The zero-order chi connectivity index (χ0) is 13.0. The van der Waals surface area contributed by atoms with Crippen molar-refractivity contribution in [1.82, 2.24) is 5.32 Å². The molecule has 5 heteroatoms. The van der Waals surface area contributed by atoms with Crippen molar-refractivity contribution in [2.45, 2.75) is 18.2 Å². The van der Waals surface area contributed by atoms with Gasteiger partial charge in [-0.1, -0.05) is 22.9 Å². The molecule has 1 aliphatic rings. The number of alkyl halides is 1. The highest BCUT2D eigenvalue weighted by atomic mass is 79.9. The van der Waals surface area contributed by atoms with Crippen molar-refractivity contribution in [2.75, 3.05) is 19.8 Å². The fourth-order valence-corrected chi connectivity index (χ4v) is 1.90. The summed E-state index contributed by atoms with van der Waals surface area (Å²) in [5.41, 5.74) is 0.599. The Hall–Kier alpha value is -1.23. The monoisotopic (exact) mass is 313 g/mol. The molecule has 1 aromatic carbocycles. The molecule has 98 valence electrons. The molecular weight excluding hydrogens is 298 g/mol. The molecule has 0 aromatic heterocycles. The molecule has 0 radical (unpaired) electrons. The lowest BCUT2D eigenvalue weighted by Crippen LogP contribution is -2.26. The van der Waals surface area contributed by atoms with Crippen molar-refractivity contribution in [3.8, 4) is 11.5 Å². The first-order valence-electron chi connectivity index (χ1n) is 5.99. The van der Waals surface area contributed by atoms with Crippen LogP contribution in [0.15, 0.2) is 18.2 Å². The number of fused-ring (bicyclic) bond motifs is 1. The maximum atomic E-state index is 11.9. The molecule has 0 spiro atoms. The van der Waals surface area contributed by atoms with Gasteiger partial charge in [-0.05, 0) is 24.6 Å². The van der Waals surface area contributed by atoms with Crippen molar-refractivity contribution in [3.63, 3.8) is 0 Å². The lowest BCUT2D eigenvalue weighted by Gasteiger charge is -2.18. The number of amides is 1. The number of rotatable bonds is 4. The van der Waals surface area contributed by atoms with E-state index in [1.165, 1.54) is 0 Å². The Morgan fingerprint density at radius 1 is 1.39 bits per heavy atom. The highest BCUT2D eigenvalue weighted by molar-refractivity contribution is 9.09. The number of ether oxygens (including phenoxy) is 2. The molecule has 1 unspecified atom stereocenters. The van der Waals surface area contributed by atoms with Crippen LogP contribution in [0.25, 0.3) is 0 Å². The summed E-state index contributed by atoms with van der Waals surface area (Å²) in [5, 5.41) is 2.87. The number of carbonyl (C=O) groups is 1. The second-order valence-corrected chi connectivity index (χ2v) is 5.75. The normalized spacial score (nSPS) is 15.0. The fourth-order valence-electron chi connectivity index (χ4n) is 1.67. The van der Waals surface area contributed by atoms with Crippen molar-refractivity contribution in [3.05, 3.63) is 23.8 Å². The van der Waals surface area contributed by atoms with E-state index in [0.717, 1.165) is 6.42 Å². The van der Waals surface area contributed by atoms with Crippen LogP contribution in [-0.2, 0) is 0 Å². The fraction of sp³-hybridized carbons (Fsp3) is 0.462. The summed E-state index contributed by atoms with van der Waals surface area (Å²) in [6.07, 6.45) is 0.899. The van der Waals surface area contributed by atoms with Gasteiger partial charge in [0.15, 0.2) is 11.5 Å². The first kappa shape index (κ1) is 13.2. The molecule has 0 fully saturated rings. The van der Waals surface area contributed by atoms with Crippen LogP contribution in [0.1, 0.15) is 23.7 Å². The summed E-state index contributed by atoms with van der Waals surface area (Å²) in [5.74, 6) is 1.26. The number of benzene rings is 1. The Balaban J connectivity index is 1.98. The standard InChI is InChI=1S/C13H16BrNO3/c1-9(14)4-5-15-13(16)10-2-3-11-12(8-10)18-7-6-17-11/h2-3,8-9H,4-7H2,1H3,(H,15,16). The molecule has 1 atom stereocenters.